The first-order valence-corrected chi connectivity index (χ1v) is 7.14. The van der Waals surface area contributed by atoms with E-state index in [1.165, 1.54) is 12.0 Å². The number of alkyl halides is 1. The fraction of sp³-hybridized carbons (Fsp3) is 0.600. The molecule has 0 aliphatic rings. The van der Waals surface area contributed by atoms with Crippen LogP contribution in [0.1, 0.15) is 38.7 Å². The van der Waals surface area contributed by atoms with Crippen LogP contribution >= 0.6 is 11.6 Å². The fourth-order valence-electron chi connectivity index (χ4n) is 2.03. The summed E-state index contributed by atoms with van der Waals surface area (Å²) in [5.74, 6) is 0.700. The molecule has 96 valence electrons. The molecule has 1 aromatic carbocycles. The van der Waals surface area contributed by atoms with Crippen LogP contribution in [0, 0.1) is 0 Å². The molecule has 1 nitrogen and oxygen atoms in total. The molecule has 0 fully saturated rings. The van der Waals surface area contributed by atoms with Gasteiger partial charge in [-0.25, -0.2) is 0 Å². The average Bonchev–Trinajstić information content (AvgIpc) is 2.41. The van der Waals surface area contributed by atoms with Crippen LogP contribution < -0.4 is 5.32 Å². The van der Waals surface area contributed by atoms with E-state index in [-0.39, 0.29) is 5.54 Å². The zero-order chi connectivity index (χ0) is 12.6. The van der Waals surface area contributed by atoms with Crippen molar-refractivity contribution in [3.8, 4) is 0 Å². The predicted molar refractivity (Wildman–Crippen MR) is 76.8 cm³/mol. The maximum absolute atomic E-state index is 6.06. The van der Waals surface area contributed by atoms with E-state index in [0.29, 0.717) is 5.88 Å². The van der Waals surface area contributed by atoms with Gasteiger partial charge in [0.1, 0.15) is 0 Å². The maximum atomic E-state index is 6.06. The van der Waals surface area contributed by atoms with Gasteiger partial charge in [0.2, 0.25) is 0 Å². The first kappa shape index (κ1) is 14.5. The molecular formula is C15H24ClN. The normalized spacial score (nSPS) is 11.7. The van der Waals surface area contributed by atoms with E-state index in [9.17, 15) is 0 Å². The number of halogens is 1. The molecule has 1 rings (SSSR count). The lowest BCUT2D eigenvalue weighted by Gasteiger charge is -2.30. The molecule has 1 aromatic rings. The Kier molecular flexibility index (Phi) is 6.61. The van der Waals surface area contributed by atoms with E-state index in [0.717, 1.165) is 25.8 Å². The van der Waals surface area contributed by atoms with Gasteiger partial charge in [0.05, 0.1) is 0 Å². The maximum Gasteiger partial charge on any atom is 0.0405 e. The van der Waals surface area contributed by atoms with E-state index >= 15 is 0 Å². The van der Waals surface area contributed by atoms with Crippen molar-refractivity contribution in [1.29, 1.82) is 0 Å². The zero-order valence-corrected chi connectivity index (χ0v) is 11.8. The van der Waals surface area contributed by atoms with Crippen molar-refractivity contribution < 1.29 is 0 Å². The zero-order valence-electron chi connectivity index (χ0n) is 11.0. The van der Waals surface area contributed by atoms with Gasteiger partial charge in [0.25, 0.3) is 0 Å². The van der Waals surface area contributed by atoms with Crippen LogP contribution in [0.5, 0.6) is 0 Å². The van der Waals surface area contributed by atoms with E-state index in [4.69, 9.17) is 11.6 Å². The number of nitrogens with one attached hydrogen (secondary N) is 1. The summed E-state index contributed by atoms with van der Waals surface area (Å²) in [7, 11) is 0. The Morgan fingerprint density at radius 3 is 2.29 bits per heavy atom. The van der Waals surface area contributed by atoms with Gasteiger partial charge in [-0.1, -0.05) is 44.2 Å². The Morgan fingerprint density at radius 1 is 1.12 bits per heavy atom. The van der Waals surface area contributed by atoms with Gasteiger partial charge < -0.3 is 5.32 Å². The van der Waals surface area contributed by atoms with Crippen LogP contribution in [-0.4, -0.2) is 18.0 Å². The highest BCUT2D eigenvalue weighted by Gasteiger charge is 2.23. The van der Waals surface area contributed by atoms with E-state index in [1.54, 1.807) is 0 Å². The van der Waals surface area contributed by atoms with Crippen molar-refractivity contribution in [2.45, 2.75) is 45.1 Å². The van der Waals surface area contributed by atoms with Crippen LogP contribution in [0.2, 0.25) is 0 Å². The van der Waals surface area contributed by atoms with Crippen LogP contribution in [0.4, 0.5) is 0 Å². The summed E-state index contributed by atoms with van der Waals surface area (Å²) in [6.45, 7) is 5.45. The molecule has 0 heterocycles. The summed E-state index contributed by atoms with van der Waals surface area (Å²) in [5, 5.41) is 3.62. The molecule has 0 aliphatic carbocycles. The van der Waals surface area contributed by atoms with Gasteiger partial charge >= 0.3 is 0 Å². The first-order chi connectivity index (χ1) is 8.26. The first-order valence-electron chi connectivity index (χ1n) is 6.61. The number of rotatable bonds is 8. The van der Waals surface area contributed by atoms with Gasteiger partial charge in [-0.15, -0.1) is 11.6 Å². The Balaban J connectivity index is 2.28. The lowest BCUT2D eigenvalue weighted by atomic mass is 9.95. The molecular weight excluding hydrogens is 230 g/mol. The second kappa shape index (κ2) is 7.73. The Labute approximate surface area is 111 Å². The third-order valence-electron chi connectivity index (χ3n) is 3.59. The fourth-order valence-corrected chi connectivity index (χ4v) is 2.50. The summed E-state index contributed by atoms with van der Waals surface area (Å²) in [6.07, 6.45) is 4.50. The molecule has 0 atom stereocenters. The van der Waals surface area contributed by atoms with Crippen LogP contribution in [0.25, 0.3) is 0 Å². The molecule has 0 spiro atoms. The molecule has 0 unspecified atom stereocenters. The molecule has 0 aromatic heterocycles. The lowest BCUT2D eigenvalue weighted by molar-refractivity contribution is 0.335. The van der Waals surface area contributed by atoms with Gasteiger partial charge in [-0.3, -0.25) is 0 Å². The standard InChI is InChI=1S/C15H24ClN/c1-3-15(4-2,13-16)17-12-8-11-14-9-6-5-7-10-14/h5-7,9-10,17H,3-4,8,11-13H2,1-2H3. The largest absolute Gasteiger partial charge is 0.310 e. The van der Waals surface area contributed by atoms with Gasteiger partial charge in [0.15, 0.2) is 0 Å². The minimum Gasteiger partial charge on any atom is -0.310 e. The van der Waals surface area contributed by atoms with Crippen LogP contribution in [0.15, 0.2) is 30.3 Å². The van der Waals surface area contributed by atoms with Crippen molar-refractivity contribution in [3.63, 3.8) is 0 Å². The molecule has 17 heavy (non-hydrogen) atoms. The second-order valence-electron chi connectivity index (χ2n) is 4.64. The molecule has 0 bridgehead atoms. The SMILES string of the molecule is CCC(CC)(CCl)NCCCc1ccccc1. The molecule has 0 saturated heterocycles. The van der Waals surface area contributed by atoms with Gasteiger partial charge in [-0.05, 0) is 37.8 Å². The predicted octanol–water partition coefficient (Wildman–Crippen LogP) is 4.01. The highest BCUT2D eigenvalue weighted by Crippen LogP contribution is 2.16. The molecule has 0 radical (unpaired) electrons. The van der Waals surface area contributed by atoms with Crippen molar-refractivity contribution in [2.75, 3.05) is 12.4 Å². The van der Waals surface area contributed by atoms with E-state index < -0.39 is 0 Å². The topological polar surface area (TPSA) is 12.0 Å². The van der Waals surface area contributed by atoms with Crippen LogP contribution in [-0.2, 0) is 6.42 Å². The highest BCUT2D eigenvalue weighted by molar-refractivity contribution is 6.18. The van der Waals surface area contributed by atoms with Gasteiger partial charge in [0, 0.05) is 11.4 Å². The molecule has 2 heteroatoms. The van der Waals surface area contributed by atoms with Crippen molar-refractivity contribution in [3.05, 3.63) is 35.9 Å². The summed E-state index contributed by atoms with van der Waals surface area (Å²) in [6, 6.07) is 10.6. The Morgan fingerprint density at radius 2 is 1.76 bits per heavy atom. The minimum absolute atomic E-state index is 0.137. The molecule has 0 saturated carbocycles. The molecule has 1 N–H and O–H groups in total. The van der Waals surface area contributed by atoms with Gasteiger partial charge in [-0.2, -0.15) is 0 Å². The number of benzene rings is 1. The van der Waals surface area contributed by atoms with Crippen molar-refractivity contribution in [2.24, 2.45) is 0 Å². The summed E-state index contributed by atoms with van der Waals surface area (Å²) in [4.78, 5) is 0. The third kappa shape index (κ3) is 4.69. The minimum atomic E-state index is 0.137. The average molecular weight is 254 g/mol. The van der Waals surface area contributed by atoms with Crippen LogP contribution in [0.3, 0.4) is 0 Å². The van der Waals surface area contributed by atoms with E-state index in [2.05, 4.69) is 49.5 Å². The number of hydrogen-bond donors (Lipinski definition) is 1. The number of hydrogen-bond acceptors (Lipinski definition) is 1. The third-order valence-corrected chi connectivity index (χ3v) is 4.11. The smallest absolute Gasteiger partial charge is 0.0405 e. The van der Waals surface area contributed by atoms with Crippen molar-refractivity contribution in [1.82, 2.24) is 5.32 Å². The molecule has 0 amide bonds. The number of aryl methyl sites for hydroxylation is 1. The monoisotopic (exact) mass is 253 g/mol. The second-order valence-corrected chi connectivity index (χ2v) is 4.90. The summed E-state index contributed by atoms with van der Waals surface area (Å²) in [5.41, 5.74) is 1.55. The Bertz CT molecular complexity index is 285. The molecule has 0 aliphatic heterocycles. The quantitative estimate of drug-likeness (QED) is 0.545. The lowest BCUT2D eigenvalue weighted by Crippen LogP contribution is -2.46. The summed E-state index contributed by atoms with van der Waals surface area (Å²) >= 11 is 6.06. The highest BCUT2D eigenvalue weighted by atomic mass is 35.5. The van der Waals surface area contributed by atoms with E-state index in [1.807, 2.05) is 0 Å². The van der Waals surface area contributed by atoms with Crippen molar-refractivity contribution >= 4 is 11.6 Å². The summed E-state index contributed by atoms with van der Waals surface area (Å²) < 4.78 is 0. The Hall–Kier alpha value is -0.530.